The fraction of sp³-hybridized carbons (Fsp3) is 0.125. The zero-order chi connectivity index (χ0) is 20.7. The van der Waals surface area contributed by atoms with E-state index in [1.807, 2.05) is 65.6 Å². The van der Waals surface area contributed by atoms with E-state index in [0.29, 0.717) is 35.4 Å². The molecule has 6 heteroatoms. The second kappa shape index (κ2) is 7.15. The van der Waals surface area contributed by atoms with Gasteiger partial charge in [-0.2, -0.15) is 0 Å². The standard InChI is InChI=1S/C24H19N3O3/c28-24-23(27(29)30)22(25-15-14-17-8-4-5-9-18(17)16-25)20-12-6-7-13-21(20)26(24)19-10-2-1-3-11-19/h1-13H,14-16H2. The summed E-state index contributed by atoms with van der Waals surface area (Å²) in [6.45, 7) is 1.16. The molecule has 4 aromatic rings. The normalized spacial score (nSPS) is 13.3. The Balaban J connectivity index is 1.81. The van der Waals surface area contributed by atoms with Gasteiger partial charge in [-0.1, -0.05) is 60.7 Å². The first-order chi connectivity index (χ1) is 14.6. The van der Waals surface area contributed by atoms with E-state index in [-0.39, 0.29) is 5.69 Å². The molecule has 148 valence electrons. The van der Waals surface area contributed by atoms with Crippen LogP contribution in [0.4, 0.5) is 11.4 Å². The molecule has 0 N–H and O–H groups in total. The highest BCUT2D eigenvalue weighted by atomic mass is 16.6. The van der Waals surface area contributed by atoms with E-state index >= 15 is 0 Å². The summed E-state index contributed by atoms with van der Waals surface area (Å²) in [7, 11) is 0. The number of nitro groups is 1. The molecule has 0 radical (unpaired) electrons. The molecule has 0 bridgehead atoms. The van der Waals surface area contributed by atoms with Crippen molar-refractivity contribution in [2.75, 3.05) is 11.4 Å². The molecule has 6 nitrogen and oxygen atoms in total. The van der Waals surface area contributed by atoms with Crippen LogP contribution in [0.2, 0.25) is 0 Å². The van der Waals surface area contributed by atoms with Gasteiger partial charge in [0.05, 0.1) is 10.4 Å². The molecule has 3 aromatic carbocycles. The third kappa shape index (κ3) is 2.85. The number of fused-ring (bicyclic) bond motifs is 2. The van der Waals surface area contributed by atoms with Gasteiger partial charge in [0.2, 0.25) is 0 Å². The monoisotopic (exact) mass is 397 g/mol. The SMILES string of the molecule is O=c1c([N+](=O)[O-])c(N2CCc3ccccc3C2)c2ccccc2n1-c1ccccc1. The summed E-state index contributed by atoms with van der Waals surface area (Å²) >= 11 is 0. The molecule has 0 fully saturated rings. The molecular weight excluding hydrogens is 378 g/mol. The molecule has 1 aliphatic rings. The Morgan fingerprint density at radius 3 is 2.27 bits per heavy atom. The summed E-state index contributed by atoms with van der Waals surface area (Å²) in [6.07, 6.45) is 0.781. The van der Waals surface area contributed by atoms with Crippen molar-refractivity contribution in [3.63, 3.8) is 0 Å². The summed E-state index contributed by atoms with van der Waals surface area (Å²) < 4.78 is 1.44. The third-order valence-corrected chi connectivity index (χ3v) is 5.67. The van der Waals surface area contributed by atoms with Crippen LogP contribution >= 0.6 is 0 Å². The van der Waals surface area contributed by atoms with Gasteiger partial charge in [0.25, 0.3) is 0 Å². The Bertz CT molecular complexity index is 1330. The molecule has 0 unspecified atom stereocenters. The molecule has 0 saturated carbocycles. The number of benzene rings is 3. The Morgan fingerprint density at radius 2 is 1.50 bits per heavy atom. The third-order valence-electron chi connectivity index (χ3n) is 5.67. The van der Waals surface area contributed by atoms with Gasteiger partial charge in [0.1, 0.15) is 5.69 Å². The minimum absolute atomic E-state index is 0.378. The van der Waals surface area contributed by atoms with Gasteiger partial charge in [-0.15, -0.1) is 0 Å². The zero-order valence-corrected chi connectivity index (χ0v) is 16.2. The van der Waals surface area contributed by atoms with Crippen LogP contribution in [0.3, 0.4) is 0 Å². The molecular formula is C24H19N3O3. The fourth-order valence-electron chi connectivity index (χ4n) is 4.32. The van der Waals surface area contributed by atoms with E-state index in [4.69, 9.17) is 0 Å². The van der Waals surface area contributed by atoms with Gasteiger partial charge in [-0.3, -0.25) is 19.5 Å². The lowest BCUT2D eigenvalue weighted by atomic mass is 9.98. The van der Waals surface area contributed by atoms with Crippen LogP contribution in [0.25, 0.3) is 16.6 Å². The molecule has 1 aliphatic heterocycles. The maximum Gasteiger partial charge on any atom is 0.358 e. The minimum Gasteiger partial charge on any atom is -0.361 e. The highest BCUT2D eigenvalue weighted by molar-refractivity contribution is 5.97. The number of anilines is 1. The van der Waals surface area contributed by atoms with E-state index in [2.05, 4.69) is 6.07 Å². The first-order valence-corrected chi connectivity index (χ1v) is 9.84. The zero-order valence-electron chi connectivity index (χ0n) is 16.2. The second-order valence-corrected chi connectivity index (χ2v) is 7.39. The number of hydrogen-bond acceptors (Lipinski definition) is 4. The van der Waals surface area contributed by atoms with Crippen molar-refractivity contribution in [3.8, 4) is 5.69 Å². The van der Waals surface area contributed by atoms with Crippen molar-refractivity contribution < 1.29 is 4.92 Å². The molecule has 0 aliphatic carbocycles. The quantitative estimate of drug-likeness (QED) is 0.378. The Labute approximate surface area is 172 Å². The Morgan fingerprint density at radius 1 is 0.833 bits per heavy atom. The van der Waals surface area contributed by atoms with Gasteiger partial charge in [0, 0.05) is 24.2 Å². The molecule has 0 saturated heterocycles. The average Bonchev–Trinajstić information content (AvgIpc) is 2.78. The fourth-order valence-corrected chi connectivity index (χ4v) is 4.32. The predicted octanol–water partition coefficient (Wildman–Crippen LogP) is 4.46. The molecule has 1 aromatic heterocycles. The van der Waals surface area contributed by atoms with Crippen molar-refractivity contribution in [1.82, 2.24) is 4.57 Å². The largest absolute Gasteiger partial charge is 0.361 e. The smallest absolute Gasteiger partial charge is 0.358 e. The van der Waals surface area contributed by atoms with Crippen LogP contribution in [0.1, 0.15) is 11.1 Å². The first kappa shape index (κ1) is 18.1. The van der Waals surface area contributed by atoms with Crippen molar-refractivity contribution in [2.45, 2.75) is 13.0 Å². The van der Waals surface area contributed by atoms with Gasteiger partial charge in [-0.25, -0.2) is 0 Å². The molecule has 0 spiro atoms. The van der Waals surface area contributed by atoms with E-state index < -0.39 is 10.5 Å². The Kier molecular flexibility index (Phi) is 4.32. The highest BCUT2D eigenvalue weighted by Gasteiger charge is 2.31. The lowest BCUT2D eigenvalue weighted by Gasteiger charge is -2.31. The number of rotatable bonds is 3. The van der Waals surface area contributed by atoms with Crippen LogP contribution in [0.15, 0.2) is 83.7 Å². The first-order valence-electron chi connectivity index (χ1n) is 9.84. The maximum absolute atomic E-state index is 13.4. The lowest BCUT2D eigenvalue weighted by Crippen LogP contribution is -2.33. The minimum atomic E-state index is -0.612. The van der Waals surface area contributed by atoms with Crippen LogP contribution in [-0.4, -0.2) is 16.0 Å². The van der Waals surface area contributed by atoms with Gasteiger partial charge < -0.3 is 4.90 Å². The van der Waals surface area contributed by atoms with Gasteiger partial charge >= 0.3 is 11.2 Å². The average molecular weight is 397 g/mol. The van der Waals surface area contributed by atoms with Crippen LogP contribution < -0.4 is 10.5 Å². The van der Waals surface area contributed by atoms with Crippen molar-refractivity contribution in [3.05, 3.63) is 110 Å². The lowest BCUT2D eigenvalue weighted by molar-refractivity contribution is -0.385. The summed E-state index contributed by atoms with van der Waals surface area (Å²) in [5, 5.41) is 12.8. The number of para-hydroxylation sites is 2. The van der Waals surface area contributed by atoms with Crippen LogP contribution in [0, 0.1) is 10.1 Å². The van der Waals surface area contributed by atoms with Gasteiger partial charge in [0.15, 0.2) is 0 Å². The Hall–Kier alpha value is -3.93. The van der Waals surface area contributed by atoms with Crippen LogP contribution in [0.5, 0.6) is 0 Å². The van der Waals surface area contributed by atoms with E-state index in [9.17, 15) is 14.9 Å². The maximum atomic E-state index is 13.4. The van der Waals surface area contributed by atoms with E-state index in [1.54, 1.807) is 12.1 Å². The summed E-state index contributed by atoms with van der Waals surface area (Å²) in [6, 6.07) is 24.6. The summed E-state index contributed by atoms with van der Waals surface area (Å²) in [5.74, 6) is 0. The molecule has 2 heterocycles. The number of nitrogens with zero attached hydrogens (tertiary/aromatic N) is 3. The van der Waals surface area contributed by atoms with E-state index in [1.165, 1.54) is 10.1 Å². The van der Waals surface area contributed by atoms with Crippen molar-refractivity contribution in [2.24, 2.45) is 0 Å². The predicted molar refractivity (Wildman–Crippen MR) is 117 cm³/mol. The molecule has 0 amide bonds. The van der Waals surface area contributed by atoms with Crippen molar-refractivity contribution >= 4 is 22.3 Å². The highest BCUT2D eigenvalue weighted by Crippen LogP contribution is 2.37. The molecule has 0 atom stereocenters. The summed E-state index contributed by atoms with van der Waals surface area (Å²) in [5.41, 5.74) is 3.07. The van der Waals surface area contributed by atoms with Gasteiger partial charge in [-0.05, 0) is 35.7 Å². The van der Waals surface area contributed by atoms with E-state index in [0.717, 1.165) is 12.0 Å². The number of aromatic nitrogens is 1. The molecule has 30 heavy (non-hydrogen) atoms. The topological polar surface area (TPSA) is 68.4 Å². The number of hydrogen-bond donors (Lipinski definition) is 0. The van der Waals surface area contributed by atoms with Crippen molar-refractivity contribution in [1.29, 1.82) is 0 Å². The number of pyridine rings is 1. The second-order valence-electron chi connectivity index (χ2n) is 7.39. The van der Waals surface area contributed by atoms with Crippen LogP contribution in [-0.2, 0) is 13.0 Å². The molecule has 5 rings (SSSR count). The summed E-state index contributed by atoms with van der Waals surface area (Å²) in [4.78, 5) is 27.0.